The maximum Gasteiger partial charge on any atom is 0.227 e. The van der Waals surface area contributed by atoms with Gasteiger partial charge in [0.25, 0.3) is 0 Å². The summed E-state index contributed by atoms with van der Waals surface area (Å²) < 4.78 is 18.0. The number of hydrogen-bond acceptors (Lipinski definition) is 3. The standard InChI is InChI=1S/C13H11FO3/c1-8-6-11(15)13(16)12(17-8)7-9-2-4-10(14)5-3-9/h2-6,16H,7H2,1H3. The van der Waals surface area contributed by atoms with Crippen LogP contribution >= 0.6 is 0 Å². The first-order valence-corrected chi connectivity index (χ1v) is 5.13. The molecule has 3 nitrogen and oxygen atoms in total. The first-order chi connectivity index (χ1) is 8.06. The quantitative estimate of drug-likeness (QED) is 0.867. The lowest BCUT2D eigenvalue weighted by atomic mass is 10.1. The lowest BCUT2D eigenvalue weighted by Crippen LogP contribution is -2.03. The molecule has 0 aliphatic rings. The minimum atomic E-state index is -0.467. The van der Waals surface area contributed by atoms with Gasteiger partial charge in [-0.2, -0.15) is 0 Å². The molecule has 0 aliphatic heterocycles. The fourth-order valence-corrected chi connectivity index (χ4v) is 1.57. The number of benzene rings is 1. The number of halogens is 1. The summed E-state index contributed by atoms with van der Waals surface area (Å²) in [6.07, 6.45) is 0.253. The summed E-state index contributed by atoms with van der Waals surface area (Å²) in [7, 11) is 0. The van der Waals surface area contributed by atoms with Crippen LogP contribution in [0.3, 0.4) is 0 Å². The van der Waals surface area contributed by atoms with Crippen LogP contribution in [0.2, 0.25) is 0 Å². The fourth-order valence-electron chi connectivity index (χ4n) is 1.57. The molecule has 0 spiro atoms. The molecule has 1 N–H and O–H groups in total. The molecule has 0 saturated carbocycles. The Hall–Kier alpha value is -2.10. The van der Waals surface area contributed by atoms with Gasteiger partial charge >= 0.3 is 0 Å². The zero-order valence-corrected chi connectivity index (χ0v) is 9.24. The van der Waals surface area contributed by atoms with Crippen LogP contribution in [-0.4, -0.2) is 5.11 Å². The molecule has 1 aromatic carbocycles. The first kappa shape index (κ1) is 11.4. The van der Waals surface area contributed by atoms with Gasteiger partial charge in [-0.25, -0.2) is 4.39 Å². The van der Waals surface area contributed by atoms with Crippen LogP contribution in [0.25, 0.3) is 0 Å². The summed E-state index contributed by atoms with van der Waals surface area (Å²) in [6.45, 7) is 1.63. The van der Waals surface area contributed by atoms with Gasteiger partial charge in [-0.3, -0.25) is 4.79 Å². The van der Waals surface area contributed by atoms with Crippen molar-refractivity contribution in [2.45, 2.75) is 13.3 Å². The molecule has 88 valence electrons. The van der Waals surface area contributed by atoms with Gasteiger partial charge in [0.2, 0.25) is 11.2 Å². The molecule has 2 rings (SSSR count). The SMILES string of the molecule is Cc1cc(=O)c(O)c(Cc2ccc(F)cc2)o1. The number of hydrogen-bond donors (Lipinski definition) is 1. The third-order valence-electron chi connectivity index (χ3n) is 2.39. The smallest absolute Gasteiger partial charge is 0.227 e. The summed E-state index contributed by atoms with van der Waals surface area (Å²) >= 11 is 0. The van der Waals surface area contributed by atoms with E-state index in [2.05, 4.69) is 0 Å². The van der Waals surface area contributed by atoms with Gasteiger partial charge in [-0.05, 0) is 24.6 Å². The van der Waals surface area contributed by atoms with E-state index < -0.39 is 5.43 Å². The van der Waals surface area contributed by atoms with Gasteiger partial charge in [0.05, 0.1) is 0 Å². The van der Waals surface area contributed by atoms with Crippen molar-refractivity contribution in [3.63, 3.8) is 0 Å². The number of aromatic hydroxyl groups is 1. The van der Waals surface area contributed by atoms with Crippen molar-refractivity contribution in [2.24, 2.45) is 0 Å². The van der Waals surface area contributed by atoms with Crippen LogP contribution < -0.4 is 5.43 Å². The van der Waals surface area contributed by atoms with E-state index in [9.17, 15) is 14.3 Å². The summed E-state index contributed by atoms with van der Waals surface area (Å²) in [4.78, 5) is 11.3. The van der Waals surface area contributed by atoms with Gasteiger partial charge in [-0.15, -0.1) is 0 Å². The number of aryl methyl sites for hydroxylation is 1. The molecule has 0 fully saturated rings. The lowest BCUT2D eigenvalue weighted by molar-refractivity contribution is 0.394. The van der Waals surface area contributed by atoms with Gasteiger partial charge in [0, 0.05) is 12.5 Å². The van der Waals surface area contributed by atoms with Crippen LogP contribution in [0.5, 0.6) is 5.75 Å². The van der Waals surface area contributed by atoms with E-state index in [1.165, 1.54) is 18.2 Å². The highest BCUT2D eigenvalue weighted by Crippen LogP contribution is 2.18. The Morgan fingerprint density at radius 1 is 1.29 bits per heavy atom. The monoisotopic (exact) mass is 234 g/mol. The Bertz CT molecular complexity index is 585. The zero-order valence-electron chi connectivity index (χ0n) is 9.24. The van der Waals surface area contributed by atoms with Crippen molar-refractivity contribution >= 4 is 0 Å². The molecule has 1 heterocycles. The Morgan fingerprint density at radius 2 is 1.94 bits per heavy atom. The van der Waals surface area contributed by atoms with Crippen molar-refractivity contribution < 1.29 is 13.9 Å². The van der Waals surface area contributed by atoms with E-state index in [0.717, 1.165) is 5.56 Å². The second-order valence-electron chi connectivity index (χ2n) is 3.80. The molecule has 0 amide bonds. The second-order valence-corrected chi connectivity index (χ2v) is 3.80. The van der Waals surface area contributed by atoms with E-state index >= 15 is 0 Å². The second kappa shape index (κ2) is 4.41. The predicted molar refractivity (Wildman–Crippen MR) is 60.6 cm³/mol. The summed E-state index contributed by atoms with van der Waals surface area (Å²) in [5, 5.41) is 9.56. The molecule has 0 bridgehead atoms. The lowest BCUT2D eigenvalue weighted by Gasteiger charge is -2.04. The van der Waals surface area contributed by atoms with Crippen molar-refractivity contribution in [3.05, 3.63) is 63.5 Å². The van der Waals surface area contributed by atoms with E-state index in [0.29, 0.717) is 5.76 Å². The van der Waals surface area contributed by atoms with Crippen LogP contribution in [0.15, 0.2) is 39.5 Å². The molecular formula is C13H11FO3. The third kappa shape index (κ3) is 2.53. The average molecular weight is 234 g/mol. The maximum atomic E-state index is 12.7. The third-order valence-corrected chi connectivity index (χ3v) is 2.39. The summed E-state index contributed by atoms with van der Waals surface area (Å²) in [5.41, 5.74) is 0.293. The Labute approximate surface area is 97.1 Å². The molecule has 4 heteroatoms. The van der Waals surface area contributed by atoms with Gasteiger partial charge in [0.1, 0.15) is 11.6 Å². The molecule has 0 atom stereocenters. The van der Waals surface area contributed by atoms with Crippen LogP contribution in [-0.2, 0) is 6.42 Å². The molecule has 2 aromatic rings. The normalized spacial score (nSPS) is 10.5. The van der Waals surface area contributed by atoms with Crippen molar-refractivity contribution in [1.29, 1.82) is 0 Å². The largest absolute Gasteiger partial charge is 0.502 e. The van der Waals surface area contributed by atoms with Gasteiger partial charge in [-0.1, -0.05) is 12.1 Å². The predicted octanol–water partition coefficient (Wildman–Crippen LogP) is 2.38. The van der Waals surface area contributed by atoms with Gasteiger partial charge in [0.15, 0.2) is 5.76 Å². The van der Waals surface area contributed by atoms with Crippen LogP contribution in [0, 0.1) is 12.7 Å². The molecule has 17 heavy (non-hydrogen) atoms. The summed E-state index contributed by atoms with van der Waals surface area (Å²) in [5.74, 6) is -0.0879. The highest BCUT2D eigenvalue weighted by Gasteiger charge is 2.10. The van der Waals surface area contributed by atoms with E-state index in [-0.39, 0.29) is 23.7 Å². The fraction of sp³-hybridized carbons (Fsp3) is 0.154. The van der Waals surface area contributed by atoms with Crippen molar-refractivity contribution in [1.82, 2.24) is 0 Å². The first-order valence-electron chi connectivity index (χ1n) is 5.13. The van der Waals surface area contributed by atoms with Crippen LogP contribution in [0.4, 0.5) is 4.39 Å². The van der Waals surface area contributed by atoms with Crippen molar-refractivity contribution in [2.75, 3.05) is 0 Å². The molecule has 0 aliphatic carbocycles. The molecular weight excluding hydrogens is 223 g/mol. The topological polar surface area (TPSA) is 50.4 Å². The van der Waals surface area contributed by atoms with E-state index in [1.807, 2.05) is 0 Å². The zero-order chi connectivity index (χ0) is 12.4. The Balaban J connectivity index is 2.36. The average Bonchev–Trinajstić information content (AvgIpc) is 2.28. The highest BCUT2D eigenvalue weighted by atomic mass is 19.1. The molecule has 1 aromatic heterocycles. The van der Waals surface area contributed by atoms with Gasteiger partial charge < -0.3 is 9.52 Å². The minimum absolute atomic E-state index is 0.196. The summed E-state index contributed by atoms with van der Waals surface area (Å²) in [6, 6.07) is 7.03. The van der Waals surface area contributed by atoms with Crippen LogP contribution in [0.1, 0.15) is 17.1 Å². The minimum Gasteiger partial charge on any atom is -0.502 e. The Morgan fingerprint density at radius 3 is 2.59 bits per heavy atom. The number of rotatable bonds is 2. The van der Waals surface area contributed by atoms with E-state index in [4.69, 9.17) is 4.42 Å². The Kier molecular flexibility index (Phi) is 2.95. The van der Waals surface area contributed by atoms with E-state index in [1.54, 1.807) is 19.1 Å². The maximum absolute atomic E-state index is 12.7. The molecule has 0 saturated heterocycles. The highest BCUT2D eigenvalue weighted by molar-refractivity contribution is 5.30. The van der Waals surface area contributed by atoms with Crippen molar-refractivity contribution in [3.8, 4) is 5.75 Å². The molecule has 0 radical (unpaired) electrons. The molecule has 0 unspecified atom stereocenters.